The summed E-state index contributed by atoms with van der Waals surface area (Å²) in [6.45, 7) is 0.678. The monoisotopic (exact) mass is 276 g/mol. The molecule has 0 heterocycles. The van der Waals surface area contributed by atoms with E-state index < -0.39 is 0 Å². The number of nitrogens with one attached hydrogen (secondary N) is 2. The van der Waals surface area contributed by atoms with Crippen LogP contribution in [0.1, 0.15) is 43.7 Å². The van der Waals surface area contributed by atoms with Gasteiger partial charge in [-0.1, -0.05) is 12.1 Å². The van der Waals surface area contributed by atoms with E-state index in [1.165, 1.54) is 25.0 Å². The highest BCUT2D eigenvalue weighted by atomic mass is 19.1. The molecule has 0 saturated heterocycles. The molecule has 108 valence electrons. The molecule has 3 rings (SSSR count). The van der Waals surface area contributed by atoms with Gasteiger partial charge in [0.1, 0.15) is 5.82 Å². The van der Waals surface area contributed by atoms with Gasteiger partial charge >= 0.3 is 0 Å². The highest BCUT2D eigenvalue weighted by Crippen LogP contribution is 2.40. The Balaban J connectivity index is 1.49. The zero-order valence-corrected chi connectivity index (χ0v) is 11.6. The highest BCUT2D eigenvalue weighted by Gasteiger charge is 2.32. The molecule has 1 aromatic rings. The summed E-state index contributed by atoms with van der Waals surface area (Å²) in [6, 6.07) is 7.38. The molecule has 0 aliphatic heterocycles. The summed E-state index contributed by atoms with van der Waals surface area (Å²) < 4.78 is 13.0. The average Bonchev–Trinajstić information content (AvgIpc) is 3.30. The van der Waals surface area contributed by atoms with Crippen LogP contribution in [0.3, 0.4) is 0 Å². The lowest BCUT2D eigenvalue weighted by Crippen LogP contribution is -2.31. The molecule has 2 saturated carbocycles. The number of carbonyl (C=O) groups excluding carboxylic acids is 1. The average molecular weight is 276 g/mol. The Hall–Kier alpha value is -1.42. The molecule has 1 unspecified atom stereocenters. The molecule has 1 atom stereocenters. The fourth-order valence-corrected chi connectivity index (χ4v) is 2.53. The van der Waals surface area contributed by atoms with E-state index in [-0.39, 0.29) is 17.8 Å². The van der Waals surface area contributed by atoms with E-state index in [0.717, 1.165) is 18.4 Å². The van der Waals surface area contributed by atoms with Crippen molar-refractivity contribution in [1.82, 2.24) is 10.6 Å². The summed E-state index contributed by atoms with van der Waals surface area (Å²) >= 11 is 0. The molecule has 2 aliphatic rings. The number of rotatable bonds is 7. The second-order valence-corrected chi connectivity index (χ2v) is 5.91. The van der Waals surface area contributed by atoms with E-state index in [2.05, 4.69) is 10.6 Å². The summed E-state index contributed by atoms with van der Waals surface area (Å²) in [5, 5.41) is 6.45. The number of carbonyl (C=O) groups is 1. The van der Waals surface area contributed by atoms with Crippen molar-refractivity contribution in [3.8, 4) is 0 Å². The van der Waals surface area contributed by atoms with Crippen molar-refractivity contribution >= 4 is 5.91 Å². The van der Waals surface area contributed by atoms with E-state index >= 15 is 0 Å². The first kappa shape index (κ1) is 13.6. The molecular weight excluding hydrogens is 255 g/mol. The zero-order valence-electron chi connectivity index (χ0n) is 11.6. The number of benzene rings is 1. The molecule has 0 bridgehead atoms. The first-order valence-electron chi connectivity index (χ1n) is 7.50. The molecule has 4 heteroatoms. The van der Waals surface area contributed by atoms with Crippen molar-refractivity contribution < 1.29 is 9.18 Å². The molecule has 3 nitrogen and oxygen atoms in total. The van der Waals surface area contributed by atoms with E-state index in [1.807, 2.05) is 12.1 Å². The Morgan fingerprint density at radius 3 is 2.50 bits per heavy atom. The van der Waals surface area contributed by atoms with Crippen LogP contribution in [0, 0.1) is 11.7 Å². The largest absolute Gasteiger partial charge is 0.353 e. The lowest BCUT2D eigenvalue weighted by Gasteiger charge is -2.18. The van der Waals surface area contributed by atoms with Crippen LogP contribution in [-0.2, 0) is 4.79 Å². The summed E-state index contributed by atoms with van der Waals surface area (Å²) in [5.41, 5.74) is 1.12. The minimum absolute atomic E-state index is 0.133. The van der Waals surface area contributed by atoms with Crippen LogP contribution < -0.4 is 10.6 Å². The van der Waals surface area contributed by atoms with Crippen LogP contribution in [0.25, 0.3) is 0 Å². The van der Waals surface area contributed by atoms with Crippen LogP contribution in [0.4, 0.5) is 4.39 Å². The first-order valence-corrected chi connectivity index (χ1v) is 7.50. The van der Waals surface area contributed by atoms with E-state index in [4.69, 9.17) is 0 Å². The van der Waals surface area contributed by atoms with Gasteiger partial charge in [-0.05, 0) is 49.3 Å². The van der Waals surface area contributed by atoms with Gasteiger partial charge in [-0.15, -0.1) is 0 Å². The van der Waals surface area contributed by atoms with Gasteiger partial charge in [-0.2, -0.15) is 0 Å². The summed E-state index contributed by atoms with van der Waals surface area (Å²) in [7, 11) is 0. The summed E-state index contributed by atoms with van der Waals surface area (Å²) in [5.74, 6) is 0.563. The van der Waals surface area contributed by atoms with Crippen molar-refractivity contribution in [3.63, 3.8) is 0 Å². The fraction of sp³-hybridized carbons (Fsp3) is 0.562. The van der Waals surface area contributed by atoms with Crippen LogP contribution in [0.15, 0.2) is 24.3 Å². The van der Waals surface area contributed by atoms with Gasteiger partial charge in [-0.3, -0.25) is 4.79 Å². The number of hydrogen-bond donors (Lipinski definition) is 2. The maximum Gasteiger partial charge on any atom is 0.221 e. The predicted octanol–water partition coefficient (Wildman–Crippen LogP) is 2.54. The Morgan fingerprint density at radius 2 is 1.90 bits per heavy atom. The normalized spacial score (nSPS) is 19.6. The molecular formula is C16H21FN2O. The second-order valence-electron chi connectivity index (χ2n) is 5.91. The SMILES string of the molecule is O=C(CCNC(c1ccc(F)cc1)C1CC1)NC1CC1. The minimum atomic E-state index is -0.202. The maximum atomic E-state index is 13.0. The van der Waals surface area contributed by atoms with Crippen LogP contribution in [-0.4, -0.2) is 18.5 Å². The third-order valence-corrected chi connectivity index (χ3v) is 3.98. The summed E-state index contributed by atoms with van der Waals surface area (Å²) in [4.78, 5) is 11.6. The first-order chi connectivity index (χ1) is 9.72. The number of hydrogen-bond acceptors (Lipinski definition) is 2. The smallest absolute Gasteiger partial charge is 0.221 e. The molecule has 2 N–H and O–H groups in total. The molecule has 2 fully saturated rings. The van der Waals surface area contributed by atoms with Gasteiger partial charge in [-0.25, -0.2) is 4.39 Å². The van der Waals surface area contributed by atoms with Crippen LogP contribution in [0.5, 0.6) is 0 Å². The second kappa shape index (κ2) is 5.92. The van der Waals surface area contributed by atoms with Crippen molar-refractivity contribution in [2.24, 2.45) is 5.92 Å². The van der Waals surface area contributed by atoms with Crippen LogP contribution in [0.2, 0.25) is 0 Å². The van der Waals surface area contributed by atoms with Crippen molar-refractivity contribution in [2.75, 3.05) is 6.54 Å². The minimum Gasteiger partial charge on any atom is -0.353 e. The third kappa shape index (κ3) is 3.79. The molecule has 0 aromatic heterocycles. The van der Waals surface area contributed by atoms with Crippen molar-refractivity contribution in [1.29, 1.82) is 0 Å². The quantitative estimate of drug-likeness (QED) is 0.803. The van der Waals surface area contributed by atoms with Crippen LogP contribution >= 0.6 is 0 Å². The molecule has 20 heavy (non-hydrogen) atoms. The van der Waals surface area contributed by atoms with Gasteiger partial charge in [0.15, 0.2) is 0 Å². The Labute approximate surface area is 118 Å². The van der Waals surface area contributed by atoms with E-state index in [9.17, 15) is 9.18 Å². The Morgan fingerprint density at radius 1 is 1.20 bits per heavy atom. The van der Waals surface area contributed by atoms with E-state index in [1.54, 1.807) is 0 Å². The Kier molecular flexibility index (Phi) is 4.01. The fourth-order valence-electron chi connectivity index (χ4n) is 2.53. The van der Waals surface area contributed by atoms with Gasteiger partial charge in [0.2, 0.25) is 5.91 Å². The van der Waals surface area contributed by atoms with Gasteiger partial charge in [0.05, 0.1) is 0 Å². The molecule has 2 aliphatic carbocycles. The van der Waals surface area contributed by atoms with Crippen molar-refractivity contribution in [2.45, 2.75) is 44.2 Å². The lowest BCUT2D eigenvalue weighted by molar-refractivity contribution is -0.121. The van der Waals surface area contributed by atoms with E-state index in [0.29, 0.717) is 24.9 Å². The standard InChI is InChI=1S/C16H21FN2O/c17-13-5-3-12(4-6-13)16(11-1-2-11)18-10-9-15(20)19-14-7-8-14/h3-6,11,14,16,18H,1-2,7-10H2,(H,19,20). The summed E-state index contributed by atoms with van der Waals surface area (Å²) in [6.07, 6.45) is 5.19. The van der Waals surface area contributed by atoms with Crippen molar-refractivity contribution in [3.05, 3.63) is 35.6 Å². The predicted molar refractivity (Wildman–Crippen MR) is 75.6 cm³/mol. The topological polar surface area (TPSA) is 41.1 Å². The molecule has 0 spiro atoms. The van der Waals surface area contributed by atoms with Gasteiger partial charge in [0, 0.05) is 25.0 Å². The molecule has 0 radical (unpaired) electrons. The number of halogens is 1. The maximum absolute atomic E-state index is 13.0. The third-order valence-electron chi connectivity index (χ3n) is 3.98. The highest BCUT2D eigenvalue weighted by molar-refractivity contribution is 5.76. The zero-order chi connectivity index (χ0) is 13.9. The van der Waals surface area contributed by atoms with Gasteiger partial charge in [0.25, 0.3) is 0 Å². The number of amides is 1. The molecule has 1 aromatic carbocycles. The van der Waals surface area contributed by atoms with Gasteiger partial charge < -0.3 is 10.6 Å². The Bertz CT molecular complexity index is 466. The molecule has 1 amide bonds. The lowest BCUT2D eigenvalue weighted by atomic mass is 10.0.